The van der Waals surface area contributed by atoms with Crippen LogP contribution < -0.4 is 0 Å². The van der Waals surface area contributed by atoms with Gasteiger partial charge in [-0.05, 0) is 49.5 Å². The molecule has 0 aromatic heterocycles. The number of hydrogen-bond donors (Lipinski definition) is 1. The van der Waals surface area contributed by atoms with Gasteiger partial charge in [0.05, 0.1) is 6.10 Å². The fourth-order valence-corrected chi connectivity index (χ4v) is 4.07. The molecule has 1 aliphatic heterocycles. The molecule has 3 atom stereocenters. The van der Waals surface area contributed by atoms with Crippen LogP contribution >= 0.6 is 0 Å². The van der Waals surface area contributed by atoms with E-state index in [0.29, 0.717) is 11.3 Å². The first-order valence-corrected chi connectivity index (χ1v) is 9.03. The molecule has 2 aliphatic rings. The highest BCUT2D eigenvalue weighted by Gasteiger charge is 2.36. The van der Waals surface area contributed by atoms with E-state index in [1.807, 2.05) is 0 Å². The zero-order chi connectivity index (χ0) is 15.5. The van der Waals surface area contributed by atoms with Gasteiger partial charge in [-0.2, -0.15) is 0 Å². The summed E-state index contributed by atoms with van der Waals surface area (Å²) in [6, 6.07) is 0. The molecule has 0 spiro atoms. The Bertz CT molecular complexity index is 305. The van der Waals surface area contributed by atoms with E-state index in [1.165, 1.54) is 52.0 Å². The van der Waals surface area contributed by atoms with Gasteiger partial charge in [0.2, 0.25) is 0 Å². The monoisotopic (exact) mass is 296 g/mol. The third kappa shape index (κ3) is 4.94. The first kappa shape index (κ1) is 17.2. The number of aliphatic hydroxyl groups is 1. The molecule has 1 heterocycles. The molecule has 0 aromatic rings. The minimum atomic E-state index is -0.0720. The standard InChI is InChI=1S/C18H36N2O/c1-5-8-19-9-11-20(12-10-19)14-15-13-16(18(2,3)4)6-7-17(15)21/h15-17,21H,5-14H2,1-4H3. The SMILES string of the molecule is CCCN1CCN(CC2CC(C(C)(C)C)CCC2O)CC1. The maximum atomic E-state index is 10.4. The van der Waals surface area contributed by atoms with Crippen LogP contribution in [0.15, 0.2) is 0 Å². The first-order chi connectivity index (χ1) is 9.90. The van der Waals surface area contributed by atoms with Gasteiger partial charge in [-0.25, -0.2) is 0 Å². The van der Waals surface area contributed by atoms with E-state index >= 15 is 0 Å². The molecular weight excluding hydrogens is 260 g/mol. The molecule has 124 valence electrons. The van der Waals surface area contributed by atoms with Crippen molar-refractivity contribution in [3.8, 4) is 0 Å². The Labute approximate surface area is 131 Å². The molecule has 0 bridgehead atoms. The molecule has 2 rings (SSSR count). The van der Waals surface area contributed by atoms with E-state index in [-0.39, 0.29) is 6.10 Å². The molecule has 0 aromatic carbocycles. The maximum Gasteiger partial charge on any atom is 0.0580 e. The molecule has 3 unspecified atom stereocenters. The van der Waals surface area contributed by atoms with Crippen molar-refractivity contribution in [3.63, 3.8) is 0 Å². The third-order valence-electron chi connectivity index (χ3n) is 5.66. The summed E-state index contributed by atoms with van der Waals surface area (Å²) in [5, 5.41) is 10.4. The van der Waals surface area contributed by atoms with Gasteiger partial charge in [-0.15, -0.1) is 0 Å². The predicted octanol–water partition coefficient (Wildman–Crippen LogP) is 2.84. The lowest BCUT2D eigenvalue weighted by atomic mass is 9.68. The summed E-state index contributed by atoms with van der Waals surface area (Å²) < 4.78 is 0. The topological polar surface area (TPSA) is 26.7 Å². The summed E-state index contributed by atoms with van der Waals surface area (Å²) in [7, 11) is 0. The third-order valence-corrected chi connectivity index (χ3v) is 5.66. The minimum absolute atomic E-state index is 0.0720. The lowest BCUT2D eigenvalue weighted by Gasteiger charge is -2.43. The summed E-state index contributed by atoms with van der Waals surface area (Å²) in [4.78, 5) is 5.16. The maximum absolute atomic E-state index is 10.4. The molecule has 2 fully saturated rings. The summed E-state index contributed by atoms with van der Waals surface area (Å²) >= 11 is 0. The largest absolute Gasteiger partial charge is 0.393 e. The molecule has 21 heavy (non-hydrogen) atoms. The van der Waals surface area contributed by atoms with Crippen molar-refractivity contribution in [1.82, 2.24) is 9.80 Å². The summed E-state index contributed by atoms with van der Waals surface area (Å²) in [6.07, 6.45) is 4.60. The minimum Gasteiger partial charge on any atom is -0.393 e. The summed E-state index contributed by atoms with van der Waals surface area (Å²) in [5.41, 5.74) is 0.387. The molecule has 3 nitrogen and oxygen atoms in total. The van der Waals surface area contributed by atoms with E-state index in [2.05, 4.69) is 37.5 Å². The normalized spacial score (nSPS) is 33.3. The van der Waals surface area contributed by atoms with Gasteiger partial charge in [-0.3, -0.25) is 0 Å². The molecule has 1 N–H and O–H groups in total. The second-order valence-electron chi connectivity index (χ2n) is 8.35. The number of nitrogens with zero attached hydrogens (tertiary/aromatic N) is 2. The number of aliphatic hydroxyl groups excluding tert-OH is 1. The van der Waals surface area contributed by atoms with E-state index in [4.69, 9.17) is 0 Å². The number of rotatable bonds is 4. The van der Waals surface area contributed by atoms with Crippen LogP contribution in [0.1, 0.15) is 53.4 Å². The Balaban J connectivity index is 1.81. The van der Waals surface area contributed by atoms with E-state index in [9.17, 15) is 5.11 Å². The van der Waals surface area contributed by atoms with Crippen molar-refractivity contribution >= 4 is 0 Å². The summed E-state index contributed by atoms with van der Waals surface area (Å²) in [6.45, 7) is 16.5. The smallest absolute Gasteiger partial charge is 0.0580 e. The highest BCUT2D eigenvalue weighted by Crippen LogP contribution is 2.40. The molecule has 1 aliphatic carbocycles. The van der Waals surface area contributed by atoms with E-state index in [1.54, 1.807) is 0 Å². The second kappa shape index (κ2) is 7.43. The fraction of sp³-hybridized carbons (Fsp3) is 1.00. The molecule has 3 heteroatoms. The predicted molar refractivity (Wildman–Crippen MR) is 89.5 cm³/mol. The zero-order valence-electron chi connectivity index (χ0n) is 14.6. The molecule has 1 saturated heterocycles. The van der Waals surface area contributed by atoms with Gasteiger partial charge in [-0.1, -0.05) is 27.7 Å². The van der Waals surface area contributed by atoms with Crippen molar-refractivity contribution in [3.05, 3.63) is 0 Å². The fourth-order valence-electron chi connectivity index (χ4n) is 4.07. The van der Waals surface area contributed by atoms with Crippen molar-refractivity contribution in [1.29, 1.82) is 0 Å². The van der Waals surface area contributed by atoms with Crippen molar-refractivity contribution in [2.75, 3.05) is 39.3 Å². The average Bonchev–Trinajstić information content (AvgIpc) is 2.42. The molecule has 0 radical (unpaired) electrons. The van der Waals surface area contributed by atoms with Gasteiger partial charge >= 0.3 is 0 Å². The van der Waals surface area contributed by atoms with Crippen LogP contribution in [0.2, 0.25) is 0 Å². The average molecular weight is 296 g/mol. The quantitative estimate of drug-likeness (QED) is 0.864. The van der Waals surface area contributed by atoms with Crippen LogP contribution in [0.5, 0.6) is 0 Å². The Morgan fingerprint density at radius 3 is 2.19 bits per heavy atom. The Hall–Kier alpha value is -0.120. The van der Waals surface area contributed by atoms with Crippen molar-refractivity contribution in [2.24, 2.45) is 17.3 Å². The molecular formula is C18H36N2O. The van der Waals surface area contributed by atoms with Crippen LogP contribution in [-0.2, 0) is 0 Å². The van der Waals surface area contributed by atoms with Crippen LogP contribution in [0.4, 0.5) is 0 Å². The lowest BCUT2D eigenvalue weighted by Crippen LogP contribution is -2.50. The van der Waals surface area contributed by atoms with Crippen molar-refractivity contribution in [2.45, 2.75) is 59.5 Å². The highest BCUT2D eigenvalue weighted by atomic mass is 16.3. The Kier molecular flexibility index (Phi) is 6.10. The van der Waals surface area contributed by atoms with Crippen LogP contribution in [-0.4, -0.2) is 60.3 Å². The van der Waals surface area contributed by atoms with Crippen LogP contribution in [0.25, 0.3) is 0 Å². The Morgan fingerprint density at radius 1 is 1.00 bits per heavy atom. The number of hydrogen-bond acceptors (Lipinski definition) is 3. The van der Waals surface area contributed by atoms with E-state index < -0.39 is 0 Å². The van der Waals surface area contributed by atoms with Crippen LogP contribution in [0.3, 0.4) is 0 Å². The number of piperazine rings is 1. The summed E-state index contributed by atoms with van der Waals surface area (Å²) in [5.74, 6) is 1.26. The highest BCUT2D eigenvalue weighted by molar-refractivity contribution is 4.87. The van der Waals surface area contributed by atoms with Crippen LogP contribution in [0, 0.1) is 17.3 Å². The van der Waals surface area contributed by atoms with E-state index in [0.717, 1.165) is 18.9 Å². The first-order valence-electron chi connectivity index (χ1n) is 9.03. The van der Waals surface area contributed by atoms with Gasteiger partial charge in [0.25, 0.3) is 0 Å². The van der Waals surface area contributed by atoms with Gasteiger partial charge in [0, 0.05) is 32.7 Å². The second-order valence-corrected chi connectivity index (χ2v) is 8.35. The zero-order valence-corrected chi connectivity index (χ0v) is 14.6. The van der Waals surface area contributed by atoms with Gasteiger partial charge < -0.3 is 14.9 Å². The van der Waals surface area contributed by atoms with Gasteiger partial charge in [0.15, 0.2) is 0 Å². The van der Waals surface area contributed by atoms with Gasteiger partial charge in [0.1, 0.15) is 0 Å². The lowest BCUT2D eigenvalue weighted by molar-refractivity contribution is -0.00385. The molecule has 0 amide bonds. The Morgan fingerprint density at radius 2 is 1.62 bits per heavy atom. The van der Waals surface area contributed by atoms with Crippen molar-refractivity contribution < 1.29 is 5.11 Å². The molecule has 1 saturated carbocycles.